The molecule has 2 rings (SSSR count). The van der Waals surface area contributed by atoms with Crippen LogP contribution in [0.1, 0.15) is 10.4 Å². The van der Waals surface area contributed by atoms with Gasteiger partial charge in [0.25, 0.3) is 0 Å². The Hall–Kier alpha value is -1.92. The van der Waals surface area contributed by atoms with Crippen LogP contribution in [0.5, 0.6) is 11.5 Å². The second-order valence-electron chi connectivity index (χ2n) is 3.75. The first-order valence-corrected chi connectivity index (χ1v) is 6.55. The van der Waals surface area contributed by atoms with Crippen molar-refractivity contribution in [2.45, 2.75) is 0 Å². The molecule has 0 aliphatic heterocycles. The smallest absolute Gasteiger partial charge is 0.313 e. The quantitative estimate of drug-likeness (QED) is 0.455. The van der Waals surface area contributed by atoms with Crippen LogP contribution >= 0.6 is 27.5 Å². The minimum atomic E-state index is -0.597. The van der Waals surface area contributed by atoms with E-state index in [2.05, 4.69) is 15.9 Å². The molecule has 7 heteroatoms. The molecule has 0 atom stereocenters. The molecule has 0 heterocycles. The van der Waals surface area contributed by atoms with Gasteiger partial charge in [-0.25, -0.2) is 0 Å². The van der Waals surface area contributed by atoms with Gasteiger partial charge in [-0.05, 0) is 24.3 Å². The Balaban J connectivity index is 2.50. The molecule has 0 aliphatic rings. The monoisotopic (exact) mass is 355 g/mol. The maximum atomic E-state index is 11.0. The first-order chi connectivity index (χ1) is 9.52. The van der Waals surface area contributed by atoms with E-state index in [9.17, 15) is 14.9 Å². The Bertz CT molecular complexity index is 690. The van der Waals surface area contributed by atoms with Crippen molar-refractivity contribution < 1.29 is 14.5 Å². The maximum absolute atomic E-state index is 11.0. The fourth-order valence-corrected chi connectivity index (χ4v) is 2.14. The highest BCUT2D eigenvalue weighted by atomic mass is 79.9. The average molecular weight is 357 g/mol. The predicted octanol–water partition coefficient (Wildman–Crippen LogP) is 4.62. The van der Waals surface area contributed by atoms with E-state index in [1.54, 1.807) is 12.1 Å². The summed E-state index contributed by atoms with van der Waals surface area (Å²) in [5.74, 6) is 0.101. The fraction of sp³-hybridized carbons (Fsp3) is 0. The molecule has 0 saturated heterocycles. The number of hydrogen-bond donors (Lipinski definition) is 0. The number of carbonyl (C=O) groups excluding carboxylic acids is 1. The Labute approximate surface area is 127 Å². The first-order valence-electron chi connectivity index (χ1n) is 5.38. The van der Waals surface area contributed by atoms with Gasteiger partial charge in [0.1, 0.15) is 5.75 Å². The molecule has 0 aliphatic carbocycles. The Morgan fingerprint density at radius 2 is 2.05 bits per heavy atom. The standard InChI is InChI=1S/C13H7BrClNO4/c14-9-4-5-12(8(6-9)7-17)20-13-10(15)2-1-3-11(13)16(18)19/h1-7H. The molecule has 0 saturated carbocycles. The van der Waals surface area contributed by atoms with Gasteiger partial charge in [0.2, 0.25) is 5.75 Å². The molecule has 0 N–H and O–H groups in total. The van der Waals surface area contributed by atoms with Gasteiger partial charge >= 0.3 is 5.69 Å². The summed E-state index contributed by atoms with van der Waals surface area (Å²) in [7, 11) is 0. The van der Waals surface area contributed by atoms with Gasteiger partial charge in [0.15, 0.2) is 6.29 Å². The first kappa shape index (κ1) is 14.5. The predicted molar refractivity (Wildman–Crippen MR) is 77.7 cm³/mol. The van der Waals surface area contributed by atoms with Crippen LogP contribution in [0.3, 0.4) is 0 Å². The summed E-state index contributed by atoms with van der Waals surface area (Å²) in [6, 6.07) is 8.94. The van der Waals surface area contributed by atoms with Crippen molar-refractivity contribution in [2.24, 2.45) is 0 Å². The maximum Gasteiger partial charge on any atom is 0.313 e. The Kier molecular flexibility index (Phi) is 4.36. The topological polar surface area (TPSA) is 69.4 Å². The molecule has 2 aromatic carbocycles. The van der Waals surface area contributed by atoms with E-state index in [0.717, 1.165) is 0 Å². The fourth-order valence-electron chi connectivity index (χ4n) is 1.56. The van der Waals surface area contributed by atoms with Crippen LogP contribution in [0.4, 0.5) is 5.69 Å². The van der Waals surface area contributed by atoms with Crippen LogP contribution in [0.2, 0.25) is 5.02 Å². The van der Waals surface area contributed by atoms with Crippen molar-refractivity contribution in [1.29, 1.82) is 0 Å². The van der Waals surface area contributed by atoms with E-state index < -0.39 is 4.92 Å². The van der Waals surface area contributed by atoms with Crippen molar-refractivity contribution in [3.63, 3.8) is 0 Å². The highest BCUT2D eigenvalue weighted by molar-refractivity contribution is 9.10. The second-order valence-corrected chi connectivity index (χ2v) is 5.07. The number of para-hydroxylation sites is 1. The van der Waals surface area contributed by atoms with E-state index in [1.807, 2.05) is 0 Å². The SMILES string of the molecule is O=Cc1cc(Br)ccc1Oc1c(Cl)cccc1[N+](=O)[O-]. The summed E-state index contributed by atoms with van der Waals surface area (Å²) in [6.45, 7) is 0. The molecule has 0 radical (unpaired) electrons. The van der Waals surface area contributed by atoms with Gasteiger partial charge < -0.3 is 4.74 Å². The highest BCUT2D eigenvalue weighted by Crippen LogP contribution is 2.38. The number of aldehydes is 1. The third-order valence-corrected chi connectivity index (χ3v) is 3.24. The third kappa shape index (κ3) is 2.97. The van der Waals surface area contributed by atoms with Crippen molar-refractivity contribution in [3.8, 4) is 11.5 Å². The number of halogens is 2. The van der Waals surface area contributed by atoms with Gasteiger partial charge in [0, 0.05) is 10.5 Å². The summed E-state index contributed by atoms with van der Waals surface area (Å²) in [5, 5.41) is 11.1. The molecule has 0 fully saturated rings. The number of nitro groups is 1. The van der Waals surface area contributed by atoms with E-state index in [4.69, 9.17) is 16.3 Å². The van der Waals surface area contributed by atoms with E-state index >= 15 is 0 Å². The van der Waals surface area contributed by atoms with E-state index in [1.165, 1.54) is 24.3 Å². The lowest BCUT2D eigenvalue weighted by molar-refractivity contribution is -0.385. The lowest BCUT2D eigenvalue weighted by Gasteiger charge is -2.10. The summed E-state index contributed by atoms with van der Waals surface area (Å²) in [6.07, 6.45) is 0.600. The number of nitro benzene ring substituents is 1. The van der Waals surface area contributed by atoms with Gasteiger partial charge in [-0.2, -0.15) is 0 Å². The molecule has 2 aromatic rings. The zero-order valence-electron chi connectivity index (χ0n) is 9.88. The number of carbonyl (C=O) groups is 1. The molecule has 0 bridgehead atoms. The molecular formula is C13H7BrClNO4. The molecule has 0 unspecified atom stereocenters. The number of benzene rings is 2. The van der Waals surface area contributed by atoms with Crippen LogP contribution in [-0.2, 0) is 0 Å². The van der Waals surface area contributed by atoms with Crippen LogP contribution in [0, 0.1) is 10.1 Å². The largest absolute Gasteiger partial charge is 0.448 e. The van der Waals surface area contributed by atoms with Gasteiger partial charge in [-0.3, -0.25) is 14.9 Å². The van der Waals surface area contributed by atoms with Crippen molar-refractivity contribution >= 4 is 39.5 Å². The number of rotatable bonds is 4. The van der Waals surface area contributed by atoms with Gasteiger partial charge in [-0.15, -0.1) is 0 Å². The van der Waals surface area contributed by atoms with Crippen LogP contribution in [0.15, 0.2) is 40.9 Å². The number of ether oxygens (including phenoxy) is 1. The summed E-state index contributed by atoms with van der Waals surface area (Å²) >= 11 is 9.15. The summed E-state index contributed by atoms with van der Waals surface area (Å²) in [5.41, 5.74) is -0.00846. The molecular weight excluding hydrogens is 350 g/mol. The summed E-state index contributed by atoms with van der Waals surface area (Å²) in [4.78, 5) is 21.4. The van der Waals surface area contributed by atoms with Crippen molar-refractivity contribution in [3.05, 3.63) is 61.6 Å². The van der Waals surface area contributed by atoms with Crippen LogP contribution in [0.25, 0.3) is 0 Å². The average Bonchev–Trinajstić information content (AvgIpc) is 2.42. The lowest BCUT2D eigenvalue weighted by Crippen LogP contribution is -1.96. The Morgan fingerprint density at radius 1 is 1.30 bits per heavy atom. The van der Waals surface area contributed by atoms with Crippen LogP contribution in [-0.4, -0.2) is 11.2 Å². The molecule has 0 aromatic heterocycles. The zero-order valence-corrected chi connectivity index (χ0v) is 12.2. The van der Waals surface area contributed by atoms with Crippen molar-refractivity contribution in [1.82, 2.24) is 0 Å². The van der Waals surface area contributed by atoms with Crippen LogP contribution < -0.4 is 4.74 Å². The van der Waals surface area contributed by atoms with E-state index in [-0.39, 0.29) is 27.8 Å². The number of hydrogen-bond acceptors (Lipinski definition) is 4. The summed E-state index contributed by atoms with van der Waals surface area (Å²) < 4.78 is 6.15. The second kappa shape index (κ2) is 6.02. The molecule has 0 amide bonds. The highest BCUT2D eigenvalue weighted by Gasteiger charge is 2.20. The molecule has 20 heavy (non-hydrogen) atoms. The lowest BCUT2D eigenvalue weighted by atomic mass is 10.2. The van der Waals surface area contributed by atoms with E-state index in [0.29, 0.717) is 10.8 Å². The minimum Gasteiger partial charge on any atom is -0.448 e. The number of nitrogens with zero attached hydrogens (tertiary/aromatic N) is 1. The zero-order chi connectivity index (χ0) is 14.7. The molecule has 102 valence electrons. The minimum absolute atomic E-state index is 0.0930. The molecule has 5 nitrogen and oxygen atoms in total. The third-order valence-electron chi connectivity index (χ3n) is 2.45. The van der Waals surface area contributed by atoms with Gasteiger partial charge in [0.05, 0.1) is 15.5 Å². The van der Waals surface area contributed by atoms with Gasteiger partial charge in [-0.1, -0.05) is 33.6 Å². The Morgan fingerprint density at radius 3 is 2.70 bits per heavy atom. The van der Waals surface area contributed by atoms with Crippen molar-refractivity contribution in [2.75, 3.05) is 0 Å². The molecule has 0 spiro atoms. The normalized spacial score (nSPS) is 10.1.